The highest BCUT2D eigenvalue weighted by atomic mass is 79.9. The molecule has 0 fully saturated rings. The van der Waals surface area contributed by atoms with Gasteiger partial charge in [0, 0.05) is 28.6 Å². The summed E-state index contributed by atoms with van der Waals surface area (Å²) in [5.41, 5.74) is -0.0505. The van der Waals surface area contributed by atoms with Gasteiger partial charge in [0.1, 0.15) is 5.82 Å². The van der Waals surface area contributed by atoms with Crippen LogP contribution in [0, 0.1) is 5.82 Å². The van der Waals surface area contributed by atoms with Gasteiger partial charge in [0.05, 0.1) is 5.69 Å². The molecule has 0 aliphatic rings. The SMILES string of the molecule is CCCCCCC(=O)Sc1cc(N(C(=O)CCCCCC)C(=O)CCCCCC)c(F)cc1Br. The molecule has 0 heterocycles. The average Bonchev–Trinajstić information content (AvgIpc) is 2.80. The molecule has 0 unspecified atom stereocenters. The highest BCUT2D eigenvalue weighted by Crippen LogP contribution is 2.36. The highest BCUT2D eigenvalue weighted by molar-refractivity contribution is 9.10. The molecular formula is C27H41BrFNO3S. The molecular weight excluding hydrogens is 517 g/mol. The van der Waals surface area contributed by atoms with Crippen LogP contribution < -0.4 is 4.90 Å². The maximum Gasteiger partial charge on any atom is 0.233 e. The second kappa shape index (κ2) is 18.1. The Hall–Kier alpha value is -1.21. The summed E-state index contributed by atoms with van der Waals surface area (Å²) in [6.45, 7) is 6.31. The van der Waals surface area contributed by atoms with Gasteiger partial charge in [-0.3, -0.25) is 14.4 Å². The fourth-order valence-electron chi connectivity index (χ4n) is 3.68. The summed E-state index contributed by atoms with van der Waals surface area (Å²) in [6, 6.07) is 2.73. The zero-order valence-electron chi connectivity index (χ0n) is 21.1. The van der Waals surface area contributed by atoms with Crippen LogP contribution in [0.1, 0.15) is 117 Å². The molecule has 4 nitrogen and oxygen atoms in total. The molecule has 1 aromatic rings. The van der Waals surface area contributed by atoms with Crippen LogP contribution in [-0.2, 0) is 14.4 Å². The summed E-state index contributed by atoms with van der Waals surface area (Å²) in [6.07, 6.45) is 12.1. The van der Waals surface area contributed by atoms with Gasteiger partial charge in [0.15, 0.2) is 5.12 Å². The molecule has 0 spiro atoms. The monoisotopic (exact) mass is 557 g/mol. The molecule has 192 valence electrons. The van der Waals surface area contributed by atoms with E-state index in [1.165, 1.54) is 12.1 Å². The van der Waals surface area contributed by atoms with Crippen LogP contribution in [0.2, 0.25) is 0 Å². The van der Waals surface area contributed by atoms with Gasteiger partial charge >= 0.3 is 0 Å². The van der Waals surface area contributed by atoms with Crippen LogP contribution in [0.25, 0.3) is 0 Å². The normalized spacial score (nSPS) is 11.0. The lowest BCUT2D eigenvalue weighted by molar-refractivity contribution is -0.126. The Morgan fingerprint density at radius 3 is 1.71 bits per heavy atom. The third-order valence-electron chi connectivity index (χ3n) is 5.69. The van der Waals surface area contributed by atoms with E-state index < -0.39 is 5.82 Å². The molecule has 0 N–H and O–H groups in total. The van der Waals surface area contributed by atoms with Crippen LogP contribution >= 0.6 is 27.7 Å². The Bertz CT molecular complexity index is 763. The minimum Gasteiger partial charge on any atom is -0.287 e. The van der Waals surface area contributed by atoms with Crippen molar-refractivity contribution in [1.82, 2.24) is 0 Å². The third-order valence-corrected chi connectivity index (χ3v) is 7.60. The number of halogens is 2. The minimum atomic E-state index is -0.643. The molecule has 0 aliphatic heterocycles. The van der Waals surface area contributed by atoms with Gasteiger partial charge in [-0.2, -0.15) is 0 Å². The largest absolute Gasteiger partial charge is 0.287 e. The molecule has 0 saturated heterocycles. The molecule has 34 heavy (non-hydrogen) atoms. The summed E-state index contributed by atoms with van der Waals surface area (Å²) in [7, 11) is 0. The molecule has 0 bridgehead atoms. The molecule has 0 atom stereocenters. The topological polar surface area (TPSA) is 54.5 Å². The first-order valence-corrected chi connectivity index (χ1v) is 14.5. The summed E-state index contributed by atoms with van der Waals surface area (Å²) in [5.74, 6) is -1.39. The maximum atomic E-state index is 15.0. The lowest BCUT2D eigenvalue weighted by Gasteiger charge is -2.23. The Morgan fingerprint density at radius 2 is 1.24 bits per heavy atom. The third kappa shape index (κ3) is 11.5. The Labute approximate surface area is 217 Å². The van der Waals surface area contributed by atoms with E-state index in [1.807, 2.05) is 0 Å². The van der Waals surface area contributed by atoms with Crippen molar-refractivity contribution in [3.63, 3.8) is 0 Å². The minimum absolute atomic E-state index is 0.00213. The Kier molecular flexibility index (Phi) is 16.4. The van der Waals surface area contributed by atoms with E-state index in [-0.39, 0.29) is 35.5 Å². The van der Waals surface area contributed by atoms with Crippen molar-refractivity contribution in [2.45, 2.75) is 122 Å². The summed E-state index contributed by atoms with van der Waals surface area (Å²) in [4.78, 5) is 40.1. The number of imide groups is 1. The molecule has 2 amide bonds. The number of benzene rings is 1. The lowest BCUT2D eigenvalue weighted by atomic mass is 10.1. The highest BCUT2D eigenvalue weighted by Gasteiger charge is 2.27. The first kappa shape index (κ1) is 30.8. The van der Waals surface area contributed by atoms with Gasteiger partial charge in [-0.05, 0) is 47.3 Å². The zero-order valence-corrected chi connectivity index (χ0v) is 23.5. The molecule has 1 rings (SSSR count). The van der Waals surface area contributed by atoms with E-state index in [0.29, 0.717) is 28.6 Å². The van der Waals surface area contributed by atoms with Crippen molar-refractivity contribution in [1.29, 1.82) is 0 Å². The molecule has 0 saturated carbocycles. The average molecular weight is 559 g/mol. The fourth-order valence-corrected chi connectivity index (χ4v) is 5.05. The number of amides is 2. The first-order valence-electron chi connectivity index (χ1n) is 12.9. The number of carbonyl (C=O) groups excluding carboxylic acids is 3. The molecule has 0 radical (unpaired) electrons. The van der Waals surface area contributed by atoms with Crippen molar-refractivity contribution in [2.75, 3.05) is 4.90 Å². The predicted octanol–water partition coefficient (Wildman–Crippen LogP) is 8.98. The van der Waals surface area contributed by atoms with Crippen molar-refractivity contribution in [2.24, 2.45) is 0 Å². The second-order valence-corrected chi connectivity index (χ2v) is 10.7. The van der Waals surface area contributed by atoms with Crippen molar-refractivity contribution in [3.05, 3.63) is 22.4 Å². The zero-order chi connectivity index (χ0) is 25.3. The molecule has 1 aromatic carbocycles. The van der Waals surface area contributed by atoms with E-state index in [1.54, 1.807) is 0 Å². The Balaban J connectivity index is 3.07. The van der Waals surface area contributed by atoms with Gasteiger partial charge < -0.3 is 0 Å². The van der Waals surface area contributed by atoms with E-state index in [9.17, 15) is 14.4 Å². The van der Waals surface area contributed by atoms with Gasteiger partial charge in [0.2, 0.25) is 11.8 Å². The van der Waals surface area contributed by atoms with E-state index in [0.717, 1.165) is 80.9 Å². The van der Waals surface area contributed by atoms with Crippen LogP contribution in [0.4, 0.5) is 10.1 Å². The van der Waals surface area contributed by atoms with Crippen molar-refractivity contribution < 1.29 is 18.8 Å². The van der Waals surface area contributed by atoms with Crippen LogP contribution in [0.3, 0.4) is 0 Å². The van der Waals surface area contributed by atoms with Gasteiger partial charge in [-0.15, -0.1) is 0 Å². The number of thioether (sulfide) groups is 1. The number of hydrogen-bond acceptors (Lipinski definition) is 4. The number of anilines is 1. The van der Waals surface area contributed by atoms with Crippen molar-refractivity contribution >= 4 is 50.3 Å². The predicted molar refractivity (Wildman–Crippen MR) is 144 cm³/mol. The van der Waals surface area contributed by atoms with Crippen LogP contribution in [-0.4, -0.2) is 16.9 Å². The van der Waals surface area contributed by atoms with Gasteiger partial charge in [0.25, 0.3) is 0 Å². The smallest absolute Gasteiger partial charge is 0.233 e. The van der Waals surface area contributed by atoms with Crippen molar-refractivity contribution in [3.8, 4) is 0 Å². The molecule has 0 aliphatic carbocycles. The Morgan fingerprint density at radius 1 is 0.765 bits per heavy atom. The summed E-state index contributed by atoms with van der Waals surface area (Å²) in [5, 5.41) is -0.00213. The number of unbranched alkanes of at least 4 members (excludes halogenated alkanes) is 9. The van der Waals surface area contributed by atoms with E-state index in [4.69, 9.17) is 0 Å². The fraction of sp³-hybridized carbons (Fsp3) is 0.667. The molecule has 0 aromatic heterocycles. The lowest BCUT2D eigenvalue weighted by Crippen LogP contribution is -2.37. The van der Waals surface area contributed by atoms with E-state index in [2.05, 4.69) is 36.7 Å². The van der Waals surface area contributed by atoms with Crippen LogP contribution in [0.15, 0.2) is 21.5 Å². The van der Waals surface area contributed by atoms with Crippen LogP contribution in [0.5, 0.6) is 0 Å². The standard InChI is InChI=1S/C27H41BrFNO3S/c1-4-7-10-13-16-25(31)30(26(32)17-14-11-8-5-2)23-20-24(21(28)19-22(23)29)34-27(33)18-15-12-9-6-3/h19-20H,4-18H2,1-3H3. The number of hydrogen-bond donors (Lipinski definition) is 0. The van der Waals surface area contributed by atoms with Gasteiger partial charge in [-0.25, -0.2) is 9.29 Å². The molecule has 7 heteroatoms. The summed E-state index contributed by atoms with van der Waals surface area (Å²) >= 11 is 4.38. The summed E-state index contributed by atoms with van der Waals surface area (Å²) < 4.78 is 15.5. The first-order chi connectivity index (χ1) is 16.3. The maximum absolute atomic E-state index is 15.0. The quantitative estimate of drug-likeness (QED) is 0.141. The number of carbonyl (C=O) groups is 3. The second-order valence-electron chi connectivity index (χ2n) is 8.76. The van der Waals surface area contributed by atoms with E-state index >= 15 is 4.39 Å². The number of nitrogens with zero attached hydrogens (tertiary/aromatic N) is 1. The van der Waals surface area contributed by atoms with Gasteiger partial charge in [-0.1, -0.05) is 90.3 Å². The number of rotatable bonds is 17.